The molecular weight excluding hydrogens is 124 g/mol. The van der Waals surface area contributed by atoms with Gasteiger partial charge < -0.3 is 4.90 Å². The van der Waals surface area contributed by atoms with Gasteiger partial charge in [0.1, 0.15) is 0 Å². The summed E-state index contributed by atoms with van der Waals surface area (Å²) in [4.78, 5) is 2.50. The Balaban J connectivity index is 2.18. The van der Waals surface area contributed by atoms with Crippen molar-refractivity contribution >= 4 is 0 Å². The molecular formula is C8H17N2. The highest BCUT2D eigenvalue weighted by atomic mass is 15.2. The van der Waals surface area contributed by atoms with E-state index in [2.05, 4.69) is 24.1 Å². The third kappa shape index (κ3) is 2.27. The maximum atomic E-state index is 4.42. The Hall–Kier alpha value is -0.0800. The Morgan fingerprint density at radius 2 is 2.40 bits per heavy atom. The molecule has 1 radical (unpaired) electrons. The fraction of sp³-hybridized carbons (Fsp3) is 1.00. The zero-order valence-electron chi connectivity index (χ0n) is 7.01. The number of rotatable bonds is 2. The van der Waals surface area contributed by atoms with Crippen molar-refractivity contribution < 1.29 is 0 Å². The topological polar surface area (TPSA) is 17.3 Å². The Morgan fingerprint density at radius 1 is 1.60 bits per heavy atom. The summed E-state index contributed by atoms with van der Waals surface area (Å²) < 4.78 is 0. The van der Waals surface area contributed by atoms with E-state index in [1.807, 2.05) is 0 Å². The van der Waals surface area contributed by atoms with Gasteiger partial charge in [-0.15, -0.1) is 0 Å². The molecule has 1 atom stereocenters. The monoisotopic (exact) mass is 141 g/mol. The molecule has 0 amide bonds. The van der Waals surface area contributed by atoms with Gasteiger partial charge in [0.05, 0.1) is 0 Å². The molecule has 1 unspecified atom stereocenters. The van der Waals surface area contributed by atoms with E-state index in [4.69, 9.17) is 0 Å². The van der Waals surface area contributed by atoms with E-state index in [0.29, 0.717) is 6.04 Å². The summed E-state index contributed by atoms with van der Waals surface area (Å²) in [6, 6.07) is 0.570. The molecule has 2 heteroatoms. The van der Waals surface area contributed by atoms with Crippen molar-refractivity contribution in [2.24, 2.45) is 0 Å². The van der Waals surface area contributed by atoms with Crippen molar-refractivity contribution in [3.8, 4) is 0 Å². The van der Waals surface area contributed by atoms with Gasteiger partial charge in [0, 0.05) is 25.7 Å². The first-order valence-corrected chi connectivity index (χ1v) is 4.22. The van der Waals surface area contributed by atoms with Crippen LogP contribution in [0.1, 0.15) is 20.3 Å². The molecule has 1 heterocycles. The molecule has 0 spiro atoms. The summed E-state index contributed by atoms with van der Waals surface area (Å²) in [5.41, 5.74) is 0. The molecule has 0 aromatic rings. The average Bonchev–Trinajstić information content (AvgIpc) is 1.88. The van der Waals surface area contributed by atoms with Crippen LogP contribution in [0.25, 0.3) is 0 Å². The Bertz CT molecular complexity index is 91.3. The van der Waals surface area contributed by atoms with Crippen molar-refractivity contribution in [2.45, 2.75) is 26.3 Å². The second-order valence-corrected chi connectivity index (χ2v) is 3.06. The van der Waals surface area contributed by atoms with Crippen molar-refractivity contribution in [3.05, 3.63) is 0 Å². The summed E-state index contributed by atoms with van der Waals surface area (Å²) >= 11 is 0. The van der Waals surface area contributed by atoms with Gasteiger partial charge in [0.2, 0.25) is 0 Å². The van der Waals surface area contributed by atoms with Gasteiger partial charge in [-0.2, -0.15) is 0 Å². The Kier molecular flexibility index (Phi) is 3.16. The van der Waals surface area contributed by atoms with Gasteiger partial charge in [-0.05, 0) is 19.9 Å². The van der Waals surface area contributed by atoms with E-state index >= 15 is 0 Å². The van der Waals surface area contributed by atoms with Crippen LogP contribution in [0.4, 0.5) is 0 Å². The lowest BCUT2D eigenvalue weighted by Gasteiger charge is -2.30. The van der Waals surface area contributed by atoms with E-state index in [0.717, 1.165) is 6.54 Å². The first-order valence-electron chi connectivity index (χ1n) is 4.22. The van der Waals surface area contributed by atoms with Crippen LogP contribution in [0, 0.1) is 0 Å². The van der Waals surface area contributed by atoms with Gasteiger partial charge in [-0.3, -0.25) is 0 Å². The summed E-state index contributed by atoms with van der Waals surface area (Å²) in [7, 11) is 0. The molecule has 0 bridgehead atoms. The summed E-state index contributed by atoms with van der Waals surface area (Å²) in [6.07, 6.45) is 1.27. The van der Waals surface area contributed by atoms with Crippen molar-refractivity contribution in [3.63, 3.8) is 0 Å². The lowest BCUT2D eigenvalue weighted by Crippen LogP contribution is -2.45. The first-order chi connectivity index (χ1) is 4.83. The van der Waals surface area contributed by atoms with Crippen LogP contribution in [0.15, 0.2) is 0 Å². The third-order valence-electron chi connectivity index (χ3n) is 1.92. The SMILES string of the molecule is CCCN1CC[N]C(C)C1. The molecule has 0 saturated carbocycles. The van der Waals surface area contributed by atoms with Crippen molar-refractivity contribution in [2.75, 3.05) is 26.2 Å². The van der Waals surface area contributed by atoms with E-state index in [-0.39, 0.29) is 0 Å². The predicted octanol–water partition coefficient (Wildman–Crippen LogP) is 0.705. The second-order valence-electron chi connectivity index (χ2n) is 3.06. The Labute approximate surface area is 63.6 Å². The van der Waals surface area contributed by atoms with Crippen LogP contribution in [-0.4, -0.2) is 37.1 Å². The molecule has 1 fully saturated rings. The molecule has 1 rings (SSSR count). The van der Waals surface area contributed by atoms with Gasteiger partial charge in [-0.1, -0.05) is 6.92 Å². The molecule has 0 aromatic carbocycles. The van der Waals surface area contributed by atoms with Crippen LogP contribution in [-0.2, 0) is 0 Å². The van der Waals surface area contributed by atoms with Gasteiger partial charge in [0.25, 0.3) is 0 Å². The molecule has 2 nitrogen and oxygen atoms in total. The molecule has 1 saturated heterocycles. The van der Waals surface area contributed by atoms with E-state index in [1.165, 1.54) is 26.1 Å². The highest BCUT2D eigenvalue weighted by Crippen LogP contribution is 1.99. The van der Waals surface area contributed by atoms with E-state index in [1.54, 1.807) is 0 Å². The smallest absolute Gasteiger partial charge is 0.0345 e. The minimum Gasteiger partial charge on any atom is -0.300 e. The minimum atomic E-state index is 0.570. The van der Waals surface area contributed by atoms with Crippen LogP contribution < -0.4 is 5.32 Å². The number of hydrogen-bond donors (Lipinski definition) is 0. The van der Waals surface area contributed by atoms with Crippen LogP contribution >= 0.6 is 0 Å². The van der Waals surface area contributed by atoms with Gasteiger partial charge in [0.15, 0.2) is 0 Å². The zero-order valence-corrected chi connectivity index (χ0v) is 7.01. The van der Waals surface area contributed by atoms with E-state index in [9.17, 15) is 0 Å². The maximum absolute atomic E-state index is 4.42. The lowest BCUT2D eigenvalue weighted by atomic mass is 10.2. The fourth-order valence-electron chi connectivity index (χ4n) is 1.46. The lowest BCUT2D eigenvalue weighted by molar-refractivity contribution is 0.204. The predicted molar refractivity (Wildman–Crippen MR) is 43.2 cm³/mol. The molecule has 0 aliphatic carbocycles. The third-order valence-corrected chi connectivity index (χ3v) is 1.92. The first kappa shape index (κ1) is 8.02. The Morgan fingerprint density at radius 3 is 3.00 bits per heavy atom. The van der Waals surface area contributed by atoms with Crippen LogP contribution in [0.2, 0.25) is 0 Å². The molecule has 1 aliphatic rings. The maximum Gasteiger partial charge on any atom is 0.0345 e. The average molecular weight is 141 g/mol. The highest BCUT2D eigenvalue weighted by molar-refractivity contribution is 4.73. The number of hydrogen-bond acceptors (Lipinski definition) is 1. The fourth-order valence-corrected chi connectivity index (χ4v) is 1.46. The standard InChI is InChI=1S/C8H17N2/c1-3-5-10-6-4-9-8(2)7-10/h8H,3-7H2,1-2H3. The zero-order chi connectivity index (χ0) is 7.40. The molecule has 0 N–H and O–H groups in total. The van der Waals surface area contributed by atoms with Crippen molar-refractivity contribution in [1.29, 1.82) is 0 Å². The van der Waals surface area contributed by atoms with Crippen LogP contribution in [0.5, 0.6) is 0 Å². The second kappa shape index (κ2) is 3.94. The quantitative estimate of drug-likeness (QED) is 0.553. The summed E-state index contributed by atoms with van der Waals surface area (Å²) in [5.74, 6) is 0. The summed E-state index contributed by atoms with van der Waals surface area (Å²) in [5, 5.41) is 4.42. The van der Waals surface area contributed by atoms with Crippen LogP contribution in [0.3, 0.4) is 0 Å². The van der Waals surface area contributed by atoms with Gasteiger partial charge in [-0.25, -0.2) is 5.32 Å². The normalized spacial score (nSPS) is 28.8. The number of piperazine rings is 1. The molecule has 10 heavy (non-hydrogen) atoms. The molecule has 59 valence electrons. The number of nitrogens with zero attached hydrogens (tertiary/aromatic N) is 2. The van der Waals surface area contributed by atoms with Crippen molar-refractivity contribution in [1.82, 2.24) is 10.2 Å². The summed E-state index contributed by atoms with van der Waals surface area (Å²) in [6.45, 7) is 9.07. The molecule has 0 aromatic heterocycles. The van der Waals surface area contributed by atoms with Gasteiger partial charge >= 0.3 is 0 Å². The van der Waals surface area contributed by atoms with E-state index < -0.39 is 0 Å². The highest BCUT2D eigenvalue weighted by Gasteiger charge is 2.14. The largest absolute Gasteiger partial charge is 0.300 e. The minimum absolute atomic E-state index is 0.570. The molecule has 1 aliphatic heterocycles.